The number of carbonyl (C=O) groups is 1. The summed E-state index contributed by atoms with van der Waals surface area (Å²) < 4.78 is 0. The molecule has 1 atom stereocenters. The van der Waals surface area contributed by atoms with Gasteiger partial charge in [-0.3, -0.25) is 4.79 Å². The average Bonchev–Trinajstić information content (AvgIpc) is 1.60. The lowest BCUT2D eigenvalue weighted by Crippen LogP contribution is -2.34. The number of ketones is 1. The van der Waals surface area contributed by atoms with Gasteiger partial charge in [0.1, 0.15) is 5.60 Å². The maximum atomic E-state index is 10.8. The van der Waals surface area contributed by atoms with Crippen LogP contribution >= 0.6 is 0 Å². The summed E-state index contributed by atoms with van der Waals surface area (Å²) >= 11 is 0. The van der Waals surface area contributed by atoms with Crippen LogP contribution in [0.5, 0.6) is 0 Å². The molecule has 0 radical (unpaired) electrons. The highest BCUT2D eigenvalue weighted by Gasteiger charge is 2.26. The molecule has 0 aromatic rings. The molecular weight excluding hydrogens is 128 g/mol. The average molecular weight is 144 g/mol. The smallest absolute Gasteiger partial charge is 0.160 e. The molecule has 60 valence electrons. The third-order valence-electron chi connectivity index (χ3n) is 1.56. The lowest BCUT2D eigenvalue weighted by atomic mass is 9.91. The van der Waals surface area contributed by atoms with Crippen LogP contribution in [0.3, 0.4) is 0 Å². The monoisotopic (exact) mass is 144 g/mol. The molecular formula is C8H16O2. The number of Topliss-reactive ketones (excluding diaryl/α,β-unsaturated/α-hetero) is 1. The second-order valence-corrected chi connectivity index (χ2v) is 3.43. The highest BCUT2D eigenvalue weighted by molar-refractivity contribution is 5.84. The molecule has 10 heavy (non-hydrogen) atoms. The summed E-state index contributed by atoms with van der Waals surface area (Å²) in [5.74, 6) is 0.208. The third kappa shape index (κ3) is 2.97. The van der Waals surface area contributed by atoms with Crippen molar-refractivity contribution in [3.63, 3.8) is 0 Å². The van der Waals surface area contributed by atoms with E-state index in [1.165, 1.54) is 6.92 Å². The van der Waals surface area contributed by atoms with Gasteiger partial charge in [-0.05, 0) is 26.2 Å². The van der Waals surface area contributed by atoms with Crippen LogP contribution in [0.4, 0.5) is 0 Å². The van der Waals surface area contributed by atoms with Crippen LogP contribution in [0.2, 0.25) is 0 Å². The fraction of sp³-hybridized carbons (Fsp3) is 0.875. The molecule has 2 heteroatoms. The van der Waals surface area contributed by atoms with E-state index in [-0.39, 0.29) is 5.78 Å². The second kappa shape index (κ2) is 3.15. The molecule has 0 saturated carbocycles. The molecule has 0 spiro atoms. The Morgan fingerprint density at radius 3 is 2.10 bits per heavy atom. The Labute approximate surface area is 62.2 Å². The first kappa shape index (κ1) is 9.63. The molecule has 0 aliphatic rings. The molecule has 0 fully saturated rings. The van der Waals surface area contributed by atoms with E-state index in [9.17, 15) is 9.90 Å². The van der Waals surface area contributed by atoms with Gasteiger partial charge in [0, 0.05) is 0 Å². The third-order valence-corrected chi connectivity index (χ3v) is 1.56. The highest BCUT2D eigenvalue weighted by atomic mass is 16.3. The molecule has 0 saturated heterocycles. The fourth-order valence-electron chi connectivity index (χ4n) is 0.939. The summed E-state index contributed by atoms with van der Waals surface area (Å²) in [6, 6.07) is 0. The molecule has 0 bridgehead atoms. The number of hydrogen-bond donors (Lipinski definition) is 1. The molecule has 0 amide bonds. The maximum Gasteiger partial charge on any atom is 0.160 e. The highest BCUT2D eigenvalue weighted by Crippen LogP contribution is 2.16. The largest absolute Gasteiger partial charge is 0.382 e. The van der Waals surface area contributed by atoms with Gasteiger partial charge in [-0.1, -0.05) is 13.8 Å². The van der Waals surface area contributed by atoms with Gasteiger partial charge >= 0.3 is 0 Å². The Balaban J connectivity index is 4.00. The van der Waals surface area contributed by atoms with E-state index in [0.29, 0.717) is 12.3 Å². The fourth-order valence-corrected chi connectivity index (χ4v) is 0.939. The van der Waals surface area contributed by atoms with Gasteiger partial charge in [0.15, 0.2) is 5.78 Å². The predicted octanol–water partition coefficient (Wildman–Crippen LogP) is 1.37. The molecule has 1 N–H and O–H groups in total. The van der Waals surface area contributed by atoms with Crippen molar-refractivity contribution in [2.45, 2.75) is 39.7 Å². The first-order chi connectivity index (χ1) is 4.36. The SMILES string of the molecule is CC(=O)[C@@](C)(O)CC(C)C. The summed E-state index contributed by atoms with van der Waals surface area (Å²) in [6.07, 6.45) is 0.544. The minimum Gasteiger partial charge on any atom is -0.382 e. The Hall–Kier alpha value is -0.370. The molecule has 0 rings (SSSR count). The lowest BCUT2D eigenvalue weighted by molar-refractivity contribution is -0.134. The van der Waals surface area contributed by atoms with Gasteiger partial charge in [0.05, 0.1) is 0 Å². The van der Waals surface area contributed by atoms with Crippen molar-refractivity contribution in [3.8, 4) is 0 Å². The Morgan fingerprint density at radius 2 is 2.00 bits per heavy atom. The lowest BCUT2D eigenvalue weighted by Gasteiger charge is -2.21. The van der Waals surface area contributed by atoms with Crippen molar-refractivity contribution in [2.24, 2.45) is 5.92 Å². The Morgan fingerprint density at radius 1 is 1.60 bits per heavy atom. The zero-order valence-corrected chi connectivity index (χ0v) is 7.14. The van der Waals surface area contributed by atoms with Gasteiger partial charge in [-0.2, -0.15) is 0 Å². The van der Waals surface area contributed by atoms with Gasteiger partial charge in [-0.15, -0.1) is 0 Å². The standard InChI is InChI=1S/C8H16O2/c1-6(2)5-8(4,10)7(3)9/h6,10H,5H2,1-4H3/t8-/m0/s1. The minimum atomic E-state index is -1.12. The zero-order valence-electron chi connectivity index (χ0n) is 7.14. The van der Waals surface area contributed by atoms with Crippen LogP contribution in [0.15, 0.2) is 0 Å². The van der Waals surface area contributed by atoms with Crippen molar-refractivity contribution in [2.75, 3.05) is 0 Å². The summed E-state index contributed by atoms with van der Waals surface area (Å²) in [5, 5.41) is 9.41. The van der Waals surface area contributed by atoms with Crippen LogP contribution < -0.4 is 0 Å². The molecule has 0 aliphatic carbocycles. The quantitative estimate of drug-likeness (QED) is 0.649. The van der Waals surface area contributed by atoms with Crippen LogP contribution in [0.1, 0.15) is 34.1 Å². The Kier molecular flexibility index (Phi) is 3.03. The topological polar surface area (TPSA) is 37.3 Å². The van der Waals surface area contributed by atoms with E-state index < -0.39 is 5.60 Å². The van der Waals surface area contributed by atoms with E-state index in [1.54, 1.807) is 6.92 Å². The van der Waals surface area contributed by atoms with E-state index in [2.05, 4.69) is 0 Å². The van der Waals surface area contributed by atoms with Crippen LogP contribution in [-0.4, -0.2) is 16.5 Å². The van der Waals surface area contributed by atoms with Gasteiger partial charge < -0.3 is 5.11 Å². The Bertz CT molecular complexity index is 125. The molecule has 0 heterocycles. The van der Waals surface area contributed by atoms with Crippen molar-refractivity contribution >= 4 is 5.78 Å². The zero-order chi connectivity index (χ0) is 8.36. The van der Waals surface area contributed by atoms with Crippen molar-refractivity contribution in [3.05, 3.63) is 0 Å². The van der Waals surface area contributed by atoms with Gasteiger partial charge in [0.2, 0.25) is 0 Å². The molecule has 0 aromatic heterocycles. The van der Waals surface area contributed by atoms with Crippen molar-refractivity contribution < 1.29 is 9.90 Å². The molecule has 0 aliphatic heterocycles. The number of hydrogen-bond acceptors (Lipinski definition) is 2. The minimum absolute atomic E-state index is 0.152. The van der Waals surface area contributed by atoms with Gasteiger partial charge in [-0.25, -0.2) is 0 Å². The van der Waals surface area contributed by atoms with Crippen molar-refractivity contribution in [1.82, 2.24) is 0 Å². The van der Waals surface area contributed by atoms with Crippen molar-refractivity contribution in [1.29, 1.82) is 0 Å². The van der Waals surface area contributed by atoms with E-state index >= 15 is 0 Å². The number of carbonyl (C=O) groups excluding carboxylic acids is 1. The number of aliphatic hydroxyl groups is 1. The van der Waals surface area contributed by atoms with Crippen LogP contribution in [0, 0.1) is 5.92 Å². The molecule has 0 aromatic carbocycles. The van der Waals surface area contributed by atoms with Gasteiger partial charge in [0.25, 0.3) is 0 Å². The second-order valence-electron chi connectivity index (χ2n) is 3.43. The van der Waals surface area contributed by atoms with E-state index in [0.717, 1.165) is 0 Å². The van der Waals surface area contributed by atoms with E-state index in [1.807, 2.05) is 13.8 Å². The predicted molar refractivity (Wildman–Crippen MR) is 40.8 cm³/mol. The van der Waals surface area contributed by atoms with Crippen LogP contribution in [0.25, 0.3) is 0 Å². The normalized spacial score (nSPS) is 17.0. The summed E-state index contributed by atoms with van der Waals surface area (Å²) in [5.41, 5.74) is -1.12. The number of rotatable bonds is 3. The molecule has 0 unspecified atom stereocenters. The maximum absolute atomic E-state index is 10.8. The summed E-state index contributed by atoms with van der Waals surface area (Å²) in [4.78, 5) is 10.8. The summed E-state index contributed by atoms with van der Waals surface area (Å²) in [6.45, 7) is 6.95. The molecule has 2 nitrogen and oxygen atoms in total. The first-order valence-corrected chi connectivity index (χ1v) is 3.59. The first-order valence-electron chi connectivity index (χ1n) is 3.59. The van der Waals surface area contributed by atoms with E-state index in [4.69, 9.17) is 0 Å². The van der Waals surface area contributed by atoms with Crippen LogP contribution in [-0.2, 0) is 4.79 Å². The summed E-state index contributed by atoms with van der Waals surface area (Å²) in [7, 11) is 0.